The minimum absolute atomic E-state index is 0.0990. The number of rotatable bonds is 3. The maximum absolute atomic E-state index is 13.2. The highest BCUT2D eigenvalue weighted by Gasteiger charge is 2.14. The second-order valence-electron chi connectivity index (χ2n) is 4.37. The predicted octanol–water partition coefficient (Wildman–Crippen LogP) is 4.16. The molecule has 2 aromatic rings. The van der Waals surface area contributed by atoms with Crippen LogP contribution in [0.15, 0.2) is 30.5 Å². The Kier molecular flexibility index (Phi) is 4.75. The highest BCUT2D eigenvalue weighted by atomic mass is 35.5. The minimum Gasteiger partial charge on any atom is -0.345 e. The molecule has 0 aliphatic carbocycles. The molecule has 2 rings (SSSR count). The van der Waals surface area contributed by atoms with Gasteiger partial charge in [-0.15, -0.1) is 0 Å². The van der Waals surface area contributed by atoms with Gasteiger partial charge in [-0.05, 0) is 30.7 Å². The summed E-state index contributed by atoms with van der Waals surface area (Å²) >= 11 is 11.5. The number of nitrogens with zero attached hydrogens (tertiary/aromatic N) is 1. The molecule has 1 amide bonds. The number of halogens is 4. The van der Waals surface area contributed by atoms with Gasteiger partial charge in [-0.25, -0.2) is 13.8 Å². The van der Waals surface area contributed by atoms with Crippen LogP contribution in [-0.2, 0) is 0 Å². The number of carbonyl (C=O) groups is 1. The average molecular weight is 331 g/mol. The highest BCUT2D eigenvalue weighted by molar-refractivity contribution is 6.41. The summed E-state index contributed by atoms with van der Waals surface area (Å²) in [7, 11) is 0. The molecule has 0 saturated heterocycles. The lowest BCUT2D eigenvalue weighted by atomic mass is 10.1. The molecule has 0 fully saturated rings. The standard InChI is InChI=1S/C14H10Cl2F2N2O/c1-7(8-2-3-11(17)12(18)5-8)20-14(21)9-4-10(15)13(16)19-6-9/h2-7H,1H3,(H,20,21). The first-order chi connectivity index (χ1) is 9.88. The Labute approximate surface area is 129 Å². The van der Waals surface area contributed by atoms with E-state index in [0.29, 0.717) is 5.56 Å². The Morgan fingerprint density at radius 2 is 1.95 bits per heavy atom. The first-order valence-corrected chi connectivity index (χ1v) is 6.71. The third kappa shape index (κ3) is 3.68. The van der Waals surface area contributed by atoms with E-state index in [-0.39, 0.29) is 15.7 Å². The van der Waals surface area contributed by atoms with E-state index in [9.17, 15) is 13.6 Å². The Hall–Kier alpha value is -1.72. The van der Waals surface area contributed by atoms with E-state index in [1.54, 1.807) is 6.92 Å². The maximum Gasteiger partial charge on any atom is 0.253 e. The van der Waals surface area contributed by atoms with E-state index < -0.39 is 23.6 Å². The zero-order valence-electron chi connectivity index (χ0n) is 10.8. The fraction of sp³-hybridized carbons (Fsp3) is 0.143. The van der Waals surface area contributed by atoms with Crippen LogP contribution in [0.25, 0.3) is 0 Å². The second-order valence-corrected chi connectivity index (χ2v) is 5.13. The van der Waals surface area contributed by atoms with Crippen LogP contribution < -0.4 is 5.32 Å². The fourth-order valence-corrected chi connectivity index (χ4v) is 1.96. The Balaban J connectivity index is 2.14. The molecular formula is C14H10Cl2F2N2O. The lowest BCUT2D eigenvalue weighted by Crippen LogP contribution is -2.26. The molecule has 0 saturated carbocycles. The number of amides is 1. The van der Waals surface area contributed by atoms with E-state index >= 15 is 0 Å². The summed E-state index contributed by atoms with van der Waals surface area (Å²) in [5.41, 5.74) is 0.661. The monoisotopic (exact) mass is 330 g/mol. The summed E-state index contributed by atoms with van der Waals surface area (Å²) in [6.07, 6.45) is 1.28. The normalized spacial score (nSPS) is 12.0. The lowest BCUT2D eigenvalue weighted by molar-refractivity contribution is 0.0939. The van der Waals surface area contributed by atoms with Crippen LogP contribution in [-0.4, -0.2) is 10.9 Å². The van der Waals surface area contributed by atoms with Gasteiger partial charge in [-0.2, -0.15) is 0 Å². The van der Waals surface area contributed by atoms with Crippen LogP contribution in [0.2, 0.25) is 10.2 Å². The Bertz CT molecular complexity index is 695. The topological polar surface area (TPSA) is 42.0 Å². The molecule has 0 radical (unpaired) electrons. The highest BCUT2D eigenvalue weighted by Crippen LogP contribution is 2.21. The first kappa shape index (κ1) is 15.7. The van der Waals surface area contributed by atoms with Gasteiger partial charge in [0, 0.05) is 6.20 Å². The van der Waals surface area contributed by atoms with Gasteiger partial charge in [0.1, 0.15) is 5.15 Å². The zero-order valence-corrected chi connectivity index (χ0v) is 12.3. The van der Waals surface area contributed by atoms with E-state index in [2.05, 4.69) is 10.3 Å². The fourth-order valence-electron chi connectivity index (χ4n) is 1.69. The van der Waals surface area contributed by atoms with Gasteiger partial charge in [-0.1, -0.05) is 29.3 Å². The Morgan fingerprint density at radius 3 is 2.57 bits per heavy atom. The molecule has 0 spiro atoms. The van der Waals surface area contributed by atoms with Gasteiger partial charge < -0.3 is 5.32 Å². The SMILES string of the molecule is CC(NC(=O)c1cnc(Cl)c(Cl)c1)c1ccc(F)c(F)c1. The molecule has 1 N–H and O–H groups in total. The summed E-state index contributed by atoms with van der Waals surface area (Å²) in [4.78, 5) is 15.8. The first-order valence-electron chi connectivity index (χ1n) is 5.95. The van der Waals surface area contributed by atoms with Gasteiger partial charge >= 0.3 is 0 Å². The average Bonchev–Trinajstić information content (AvgIpc) is 2.44. The van der Waals surface area contributed by atoms with Crippen molar-refractivity contribution in [2.75, 3.05) is 0 Å². The largest absolute Gasteiger partial charge is 0.345 e. The third-order valence-corrected chi connectivity index (χ3v) is 3.54. The molecule has 1 unspecified atom stereocenters. The molecule has 3 nitrogen and oxygen atoms in total. The van der Waals surface area contributed by atoms with Gasteiger partial charge in [0.25, 0.3) is 5.91 Å². The van der Waals surface area contributed by atoms with Crippen molar-refractivity contribution in [2.45, 2.75) is 13.0 Å². The van der Waals surface area contributed by atoms with E-state index in [0.717, 1.165) is 12.1 Å². The summed E-state index contributed by atoms with van der Waals surface area (Å²) < 4.78 is 26.0. The van der Waals surface area contributed by atoms with E-state index in [4.69, 9.17) is 23.2 Å². The van der Waals surface area contributed by atoms with Crippen molar-refractivity contribution in [1.82, 2.24) is 10.3 Å². The van der Waals surface area contributed by atoms with E-state index in [1.807, 2.05) is 0 Å². The van der Waals surface area contributed by atoms with Crippen molar-refractivity contribution in [3.8, 4) is 0 Å². The van der Waals surface area contributed by atoms with Crippen LogP contribution in [0, 0.1) is 11.6 Å². The molecule has 0 bridgehead atoms. The summed E-state index contributed by atoms with van der Waals surface area (Å²) in [6.45, 7) is 1.65. The number of benzene rings is 1. The molecule has 0 aliphatic heterocycles. The number of aromatic nitrogens is 1. The molecule has 110 valence electrons. The molecule has 1 aromatic heterocycles. The van der Waals surface area contributed by atoms with Crippen LogP contribution >= 0.6 is 23.2 Å². The van der Waals surface area contributed by atoms with Crippen molar-refractivity contribution >= 4 is 29.1 Å². The molecule has 1 heterocycles. The van der Waals surface area contributed by atoms with E-state index in [1.165, 1.54) is 18.3 Å². The number of hydrogen-bond donors (Lipinski definition) is 1. The summed E-state index contributed by atoms with van der Waals surface area (Å²) in [6, 6.07) is 4.31. The summed E-state index contributed by atoms with van der Waals surface area (Å²) in [5, 5.41) is 2.89. The van der Waals surface area contributed by atoms with Crippen molar-refractivity contribution in [3.63, 3.8) is 0 Å². The Morgan fingerprint density at radius 1 is 1.24 bits per heavy atom. The molecule has 21 heavy (non-hydrogen) atoms. The van der Waals surface area contributed by atoms with Crippen molar-refractivity contribution in [2.24, 2.45) is 0 Å². The second kappa shape index (κ2) is 6.37. The van der Waals surface area contributed by atoms with Crippen LogP contribution in [0.5, 0.6) is 0 Å². The third-order valence-electron chi connectivity index (χ3n) is 2.85. The van der Waals surface area contributed by atoms with Crippen LogP contribution in [0.4, 0.5) is 8.78 Å². The molecule has 0 aliphatic rings. The summed E-state index contributed by atoms with van der Waals surface area (Å²) in [5.74, 6) is -2.35. The molecule has 1 atom stereocenters. The number of pyridine rings is 1. The molecular weight excluding hydrogens is 321 g/mol. The van der Waals surface area contributed by atoms with Crippen LogP contribution in [0.1, 0.15) is 28.9 Å². The maximum atomic E-state index is 13.2. The van der Waals surface area contributed by atoms with Crippen molar-refractivity contribution < 1.29 is 13.6 Å². The van der Waals surface area contributed by atoms with Gasteiger partial charge in [0.15, 0.2) is 11.6 Å². The van der Waals surface area contributed by atoms with Gasteiger partial charge in [0.05, 0.1) is 16.6 Å². The number of nitrogens with one attached hydrogen (secondary N) is 1. The minimum atomic E-state index is -0.968. The van der Waals surface area contributed by atoms with Crippen molar-refractivity contribution in [3.05, 3.63) is 63.4 Å². The zero-order chi connectivity index (χ0) is 15.6. The smallest absolute Gasteiger partial charge is 0.253 e. The van der Waals surface area contributed by atoms with Crippen molar-refractivity contribution in [1.29, 1.82) is 0 Å². The number of carbonyl (C=O) groups excluding carboxylic acids is 1. The van der Waals surface area contributed by atoms with Gasteiger partial charge in [0.2, 0.25) is 0 Å². The molecule has 1 aromatic carbocycles. The molecule has 7 heteroatoms. The number of hydrogen-bond acceptors (Lipinski definition) is 2. The van der Waals surface area contributed by atoms with Crippen LogP contribution in [0.3, 0.4) is 0 Å². The predicted molar refractivity (Wildman–Crippen MR) is 76.5 cm³/mol. The lowest BCUT2D eigenvalue weighted by Gasteiger charge is -2.14. The quantitative estimate of drug-likeness (QED) is 0.858. The van der Waals surface area contributed by atoms with Gasteiger partial charge in [-0.3, -0.25) is 4.79 Å².